The van der Waals surface area contributed by atoms with Crippen molar-refractivity contribution in [1.82, 2.24) is 6.15 Å². The number of alkyl halides is 12. The Bertz CT molecular complexity index is 1250. The van der Waals surface area contributed by atoms with E-state index in [0.717, 1.165) is 48.5 Å². The topological polar surface area (TPSA) is 36.5 Å². The third kappa shape index (κ3) is 6.27. The fourth-order valence-electron chi connectivity index (χ4n) is 5.00. The minimum atomic E-state index is -4.77. The predicted molar refractivity (Wildman–Crippen MR) is 136 cm³/mol. The second kappa shape index (κ2) is 11.0. The molecule has 224 valence electrons. The minimum absolute atomic E-state index is 0. The highest BCUT2D eigenvalue weighted by Crippen LogP contribution is 2.32. The molecule has 0 saturated carbocycles. The fourth-order valence-corrected chi connectivity index (χ4v) is 5.00. The van der Waals surface area contributed by atoms with Gasteiger partial charge in [0.1, 0.15) is 6.15 Å². The Morgan fingerprint density at radius 1 is 0.286 bits per heavy atom. The molecule has 0 bridgehead atoms. The maximum Gasteiger partial charge on any atom is 0.416 e. The molecule has 0 saturated heterocycles. The summed E-state index contributed by atoms with van der Waals surface area (Å²) in [6, 6.07) is 13.6. The molecule has 4 N–H and O–H groups in total. The molecule has 0 fully saturated rings. The Labute approximate surface area is 231 Å². The molecule has 0 amide bonds. The van der Waals surface area contributed by atoms with Crippen molar-refractivity contribution >= 4 is 28.0 Å². The summed E-state index contributed by atoms with van der Waals surface area (Å²) >= 11 is 0. The van der Waals surface area contributed by atoms with Gasteiger partial charge in [0, 0.05) is 0 Å². The zero-order valence-corrected chi connectivity index (χ0v) is 21.4. The van der Waals surface area contributed by atoms with Gasteiger partial charge in [-0.15, -0.1) is 0 Å². The molecule has 0 heterocycles. The molecule has 0 atom stereocenters. The third-order valence-electron chi connectivity index (χ3n) is 6.95. The molecule has 4 rings (SSSR count). The summed E-state index contributed by atoms with van der Waals surface area (Å²) in [5.41, 5.74) is -4.29. The average molecular weight is 609 g/mol. The summed E-state index contributed by atoms with van der Waals surface area (Å²) in [5.74, 6) is 0. The van der Waals surface area contributed by atoms with Gasteiger partial charge in [0.05, 0.1) is 22.3 Å². The Morgan fingerprint density at radius 3 is 0.548 bits per heavy atom. The van der Waals surface area contributed by atoms with Crippen LogP contribution in [0.4, 0.5) is 52.7 Å². The first kappa shape index (κ1) is 32.6. The number of halogens is 12. The van der Waals surface area contributed by atoms with Crippen molar-refractivity contribution in [2.75, 3.05) is 0 Å². The zero-order valence-electron chi connectivity index (χ0n) is 21.4. The van der Waals surface area contributed by atoms with E-state index in [1.807, 2.05) is 0 Å². The number of hydrogen-bond acceptors (Lipinski definition) is 0. The minimum Gasteiger partial charge on any atom is -0.369 e. The maximum absolute atomic E-state index is 13.3. The van der Waals surface area contributed by atoms with Crippen LogP contribution in [0.5, 0.6) is 0 Å². The summed E-state index contributed by atoms with van der Waals surface area (Å²) in [5, 5.41) is 0. The van der Waals surface area contributed by atoms with Crippen LogP contribution in [-0.2, 0) is 24.7 Å². The molecule has 0 aliphatic heterocycles. The normalized spacial score (nSPS) is 13.0. The first-order chi connectivity index (χ1) is 18.8. The summed E-state index contributed by atoms with van der Waals surface area (Å²) in [7, 11) is 0. The van der Waals surface area contributed by atoms with Crippen LogP contribution in [0.25, 0.3) is 0 Å². The lowest BCUT2D eigenvalue weighted by atomic mass is 9.13. The highest BCUT2D eigenvalue weighted by atomic mass is 19.4. The summed E-state index contributed by atoms with van der Waals surface area (Å²) in [6.07, 6.45) is -22.0. The SMILES string of the molecule is FC(F)(F)c1ccc([B-](c2ccc(C(F)(F)F)cc2)(c2ccc(C(F)(F)F)cc2)c2ccc(C(F)(F)F)cc2)cc1.[NH4+]. The summed E-state index contributed by atoms with van der Waals surface area (Å²) in [6.45, 7) is 0. The van der Waals surface area contributed by atoms with Crippen molar-refractivity contribution < 1.29 is 52.7 Å². The number of rotatable bonds is 4. The molecule has 4 aromatic carbocycles. The van der Waals surface area contributed by atoms with Gasteiger partial charge in [0.15, 0.2) is 0 Å². The summed E-state index contributed by atoms with van der Waals surface area (Å²) in [4.78, 5) is 0. The largest absolute Gasteiger partial charge is 0.416 e. The molecule has 4 aromatic rings. The van der Waals surface area contributed by atoms with Gasteiger partial charge in [0.2, 0.25) is 0 Å². The van der Waals surface area contributed by atoms with Crippen LogP contribution in [0.3, 0.4) is 0 Å². The van der Waals surface area contributed by atoms with Crippen LogP contribution in [0.1, 0.15) is 22.3 Å². The maximum atomic E-state index is 13.3. The smallest absolute Gasteiger partial charge is 0.369 e. The van der Waals surface area contributed by atoms with E-state index in [-0.39, 0.29) is 28.0 Å². The molecule has 0 unspecified atom stereocenters. The van der Waals surface area contributed by atoms with Crippen LogP contribution in [-0.4, -0.2) is 6.15 Å². The second-order valence-corrected chi connectivity index (χ2v) is 9.35. The molecule has 14 heteroatoms. The molecule has 0 radical (unpaired) electrons. The van der Waals surface area contributed by atoms with E-state index in [0.29, 0.717) is 48.5 Å². The molecular formula is C28H20BF12N. The van der Waals surface area contributed by atoms with E-state index in [1.165, 1.54) is 0 Å². The first-order valence-electron chi connectivity index (χ1n) is 11.7. The third-order valence-corrected chi connectivity index (χ3v) is 6.95. The van der Waals surface area contributed by atoms with Gasteiger partial charge in [-0.1, -0.05) is 97.1 Å². The summed E-state index contributed by atoms with van der Waals surface area (Å²) < 4.78 is 160. The molecular weight excluding hydrogens is 589 g/mol. The van der Waals surface area contributed by atoms with Crippen LogP contribution in [0.2, 0.25) is 0 Å². The van der Waals surface area contributed by atoms with Crippen molar-refractivity contribution in [2.45, 2.75) is 24.7 Å². The fraction of sp³-hybridized carbons (Fsp3) is 0.143. The van der Waals surface area contributed by atoms with Crippen LogP contribution < -0.4 is 28.0 Å². The molecule has 0 aliphatic carbocycles. The standard InChI is InChI=1S/C28H16BF12.H3N/c30-25(31,32)17-1-9-21(10-2-17)29(22-11-3-18(4-12-22)26(33,34)35,23-13-5-19(6-14-23)27(36,37)38)24-15-7-20(8-16-24)28(39,40)41;/h1-16H;1H3/q-1;/p+1. The number of benzene rings is 4. The first-order valence-corrected chi connectivity index (χ1v) is 11.7. The van der Waals surface area contributed by atoms with Gasteiger partial charge in [-0.2, -0.15) is 74.5 Å². The highest BCUT2D eigenvalue weighted by molar-refractivity contribution is 7.19. The van der Waals surface area contributed by atoms with Crippen molar-refractivity contribution in [3.63, 3.8) is 0 Å². The average Bonchev–Trinajstić information content (AvgIpc) is 2.88. The van der Waals surface area contributed by atoms with Crippen molar-refractivity contribution in [3.8, 4) is 0 Å². The van der Waals surface area contributed by atoms with E-state index in [9.17, 15) is 52.7 Å². The molecule has 0 spiro atoms. The van der Waals surface area contributed by atoms with Gasteiger partial charge in [-0.25, -0.2) is 0 Å². The van der Waals surface area contributed by atoms with Gasteiger partial charge in [-0.3, -0.25) is 0 Å². The molecule has 0 aromatic heterocycles. The Balaban J connectivity index is 0.00000484. The molecule has 0 aliphatic rings. The predicted octanol–water partition coefficient (Wildman–Crippen LogP) is 7.52. The van der Waals surface area contributed by atoms with Crippen molar-refractivity contribution in [2.24, 2.45) is 0 Å². The number of quaternary nitrogens is 1. The van der Waals surface area contributed by atoms with Gasteiger partial charge < -0.3 is 6.15 Å². The Kier molecular flexibility index (Phi) is 8.57. The van der Waals surface area contributed by atoms with Gasteiger partial charge >= 0.3 is 24.7 Å². The van der Waals surface area contributed by atoms with Crippen LogP contribution in [0.15, 0.2) is 97.1 Å². The van der Waals surface area contributed by atoms with Crippen LogP contribution in [0, 0.1) is 0 Å². The zero-order chi connectivity index (χ0) is 30.4. The monoisotopic (exact) mass is 609 g/mol. The second-order valence-electron chi connectivity index (χ2n) is 9.35. The lowest BCUT2D eigenvalue weighted by Crippen LogP contribution is -2.74. The van der Waals surface area contributed by atoms with E-state index >= 15 is 0 Å². The lowest BCUT2D eigenvalue weighted by molar-refractivity contribution is -0.138. The quantitative estimate of drug-likeness (QED) is 0.184. The van der Waals surface area contributed by atoms with Crippen molar-refractivity contribution in [1.29, 1.82) is 0 Å². The van der Waals surface area contributed by atoms with Crippen LogP contribution >= 0.6 is 0 Å². The van der Waals surface area contributed by atoms with Crippen molar-refractivity contribution in [3.05, 3.63) is 119 Å². The molecule has 42 heavy (non-hydrogen) atoms. The lowest BCUT2D eigenvalue weighted by Gasteiger charge is -2.44. The molecule has 1 nitrogen and oxygen atoms in total. The van der Waals surface area contributed by atoms with Gasteiger partial charge in [-0.05, 0) is 0 Å². The van der Waals surface area contributed by atoms with E-state index in [4.69, 9.17) is 0 Å². The Hall–Kier alpha value is -3.94. The van der Waals surface area contributed by atoms with E-state index in [1.54, 1.807) is 0 Å². The van der Waals surface area contributed by atoms with E-state index < -0.39 is 53.1 Å². The van der Waals surface area contributed by atoms with Gasteiger partial charge in [0.25, 0.3) is 0 Å². The number of hydrogen-bond donors (Lipinski definition) is 1. The van der Waals surface area contributed by atoms with E-state index in [2.05, 4.69) is 0 Å². The highest BCUT2D eigenvalue weighted by Gasteiger charge is 2.38. The Morgan fingerprint density at radius 2 is 0.429 bits per heavy atom.